The Labute approximate surface area is 203 Å². The van der Waals surface area contributed by atoms with Gasteiger partial charge in [-0.25, -0.2) is 4.68 Å². The summed E-state index contributed by atoms with van der Waals surface area (Å²) in [5, 5.41) is 27.3. The third-order valence-corrected chi connectivity index (χ3v) is 7.89. The lowest BCUT2D eigenvalue weighted by Crippen LogP contribution is -2.43. The highest BCUT2D eigenvalue weighted by molar-refractivity contribution is 5.93. The predicted octanol–water partition coefficient (Wildman–Crippen LogP) is 4.47. The van der Waals surface area contributed by atoms with E-state index in [0.717, 1.165) is 53.7 Å². The lowest BCUT2D eigenvalue weighted by Gasteiger charge is -2.31. The Balaban J connectivity index is 1.41. The lowest BCUT2D eigenvalue weighted by molar-refractivity contribution is 0.114. The summed E-state index contributed by atoms with van der Waals surface area (Å²) in [5.41, 5.74) is 4.08. The minimum Gasteiger partial charge on any atom is -0.496 e. The molecule has 0 radical (unpaired) electrons. The quantitative estimate of drug-likeness (QED) is 0.431. The van der Waals surface area contributed by atoms with Crippen molar-refractivity contribution in [1.29, 1.82) is 5.26 Å². The average Bonchev–Trinajstić information content (AvgIpc) is 3.63. The molecule has 2 aromatic carbocycles. The molecule has 2 aromatic heterocycles. The van der Waals surface area contributed by atoms with Crippen molar-refractivity contribution in [1.82, 2.24) is 19.7 Å². The summed E-state index contributed by atoms with van der Waals surface area (Å²) < 4.78 is 13.6. The molecule has 2 aliphatic heterocycles. The second-order valence-corrected chi connectivity index (χ2v) is 9.78. The number of methoxy groups -OCH3 is 1. The van der Waals surface area contributed by atoms with Gasteiger partial charge in [0.05, 0.1) is 24.8 Å². The van der Waals surface area contributed by atoms with E-state index in [1.54, 1.807) is 23.9 Å². The first-order chi connectivity index (χ1) is 17.0. The van der Waals surface area contributed by atoms with Gasteiger partial charge in [-0.3, -0.25) is 4.90 Å². The molecule has 2 aliphatic rings. The van der Waals surface area contributed by atoms with Crippen molar-refractivity contribution in [2.75, 3.05) is 26.8 Å². The SMILES string of the molecule is COc1cc(C)c2[nH]ccc2c1Cn1nc2ccc(C#N)c(OCC34CCCN3CCC4)c2c1O. The Hall–Kier alpha value is -3.70. The van der Waals surface area contributed by atoms with Gasteiger partial charge >= 0.3 is 0 Å². The highest BCUT2D eigenvalue weighted by Crippen LogP contribution is 2.42. The van der Waals surface area contributed by atoms with Crippen LogP contribution in [0.25, 0.3) is 21.8 Å². The average molecular weight is 472 g/mol. The van der Waals surface area contributed by atoms with E-state index in [2.05, 4.69) is 21.1 Å². The van der Waals surface area contributed by atoms with Gasteiger partial charge in [0, 0.05) is 22.7 Å². The van der Waals surface area contributed by atoms with Crippen LogP contribution >= 0.6 is 0 Å². The van der Waals surface area contributed by atoms with E-state index in [0.29, 0.717) is 35.4 Å². The first-order valence-corrected chi connectivity index (χ1v) is 12.2. The number of H-pyrrole nitrogens is 1. The van der Waals surface area contributed by atoms with Gasteiger partial charge in [0.25, 0.3) is 0 Å². The van der Waals surface area contributed by atoms with E-state index in [-0.39, 0.29) is 11.4 Å². The minimum atomic E-state index is -0.00869. The highest BCUT2D eigenvalue weighted by Gasteiger charge is 2.45. The molecule has 4 heterocycles. The minimum absolute atomic E-state index is 0.00869. The topological polar surface area (TPSA) is 99.3 Å². The molecule has 0 aliphatic carbocycles. The number of nitrogens with one attached hydrogen (secondary N) is 1. The maximum atomic E-state index is 11.3. The Morgan fingerprint density at radius 1 is 1.23 bits per heavy atom. The number of hydrogen-bond donors (Lipinski definition) is 2. The van der Waals surface area contributed by atoms with Crippen LogP contribution in [-0.2, 0) is 6.54 Å². The van der Waals surface area contributed by atoms with Crippen LogP contribution in [0.5, 0.6) is 17.4 Å². The maximum Gasteiger partial charge on any atom is 0.221 e. The molecule has 0 bridgehead atoms. The van der Waals surface area contributed by atoms with E-state index in [9.17, 15) is 10.4 Å². The van der Waals surface area contributed by atoms with Gasteiger partial charge in [-0.05, 0) is 75.5 Å². The molecule has 2 fully saturated rings. The molecule has 6 rings (SSSR count). The van der Waals surface area contributed by atoms with Crippen LogP contribution in [0.15, 0.2) is 30.5 Å². The molecule has 0 saturated carbocycles. The number of nitriles is 1. The van der Waals surface area contributed by atoms with Crippen LogP contribution in [0.2, 0.25) is 0 Å². The third-order valence-electron chi connectivity index (χ3n) is 7.89. The van der Waals surface area contributed by atoms with E-state index in [1.807, 2.05) is 25.3 Å². The van der Waals surface area contributed by atoms with E-state index in [4.69, 9.17) is 9.47 Å². The largest absolute Gasteiger partial charge is 0.496 e. The number of nitrogens with zero attached hydrogens (tertiary/aromatic N) is 4. The molecular formula is C27H29N5O3. The van der Waals surface area contributed by atoms with Crippen molar-refractivity contribution in [2.24, 2.45) is 0 Å². The molecule has 8 heteroatoms. The second-order valence-electron chi connectivity index (χ2n) is 9.78. The van der Waals surface area contributed by atoms with Crippen molar-refractivity contribution in [3.05, 3.63) is 47.2 Å². The van der Waals surface area contributed by atoms with Crippen molar-refractivity contribution >= 4 is 21.8 Å². The molecule has 0 atom stereocenters. The number of aryl methyl sites for hydroxylation is 1. The molecule has 0 unspecified atom stereocenters. The highest BCUT2D eigenvalue weighted by atomic mass is 16.5. The molecule has 180 valence electrons. The van der Waals surface area contributed by atoms with Crippen LogP contribution in [-0.4, -0.2) is 57.1 Å². The van der Waals surface area contributed by atoms with E-state index < -0.39 is 0 Å². The summed E-state index contributed by atoms with van der Waals surface area (Å²) in [6.07, 6.45) is 6.47. The van der Waals surface area contributed by atoms with Crippen molar-refractivity contribution in [3.63, 3.8) is 0 Å². The fourth-order valence-electron chi connectivity index (χ4n) is 6.12. The number of aromatic hydroxyl groups is 1. The third kappa shape index (κ3) is 3.34. The lowest BCUT2D eigenvalue weighted by atomic mass is 9.95. The van der Waals surface area contributed by atoms with Gasteiger partial charge in [-0.15, -0.1) is 0 Å². The molecule has 4 aromatic rings. The van der Waals surface area contributed by atoms with Crippen LogP contribution in [0.3, 0.4) is 0 Å². The molecular weight excluding hydrogens is 442 g/mol. The van der Waals surface area contributed by atoms with Gasteiger partial charge in [0.1, 0.15) is 29.3 Å². The first-order valence-electron chi connectivity index (χ1n) is 12.2. The maximum absolute atomic E-state index is 11.3. The van der Waals surface area contributed by atoms with Gasteiger partial charge in [0.2, 0.25) is 5.88 Å². The van der Waals surface area contributed by atoms with Gasteiger partial charge in [0.15, 0.2) is 5.75 Å². The molecule has 0 amide bonds. The molecule has 2 saturated heterocycles. The van der Waals surface area contributed by atoms with E-state index >= 15 is 0 Å². The van der Waals surface area contributed by atoms with Crippen molar-refractivity contribution < 1.29 is 14.6 Å². The second kappa shape index (κ2) is 8.21. The zero-order valence-electron chi connectivity index (χ0n) is 20.1. The molecule has 8 nitrogen and oxygen atoms in total. The fraction of sp³-hybridized carbons (Fsp3) is 0.407. The number of hydrogen-bond acceptors (Lipinski definition) is 6. The zero-order valence-corrected chi connectivity index (χ0v) is 20.1. The van der Waals surface area contributed by atoms with Gasteiger partial charge in [-0.2, -0.15) is 10.4 Å². The van der Waals surface area contributed by atoms with Crippen LogP contribution in [0, 0.1) is 18.3 Å². The summed E-state index contributed by atoms with van der Waals surface area (Å²) in [6, 6.07) is 9.74. The standard InChI is InChI=1S/C27H29N5O3/c1-17-13-22(34-2)20(19-7-10-29-24(17)19)15-32-26(33)23-21(30-32)6-5-18(14-28)25(23)35-16-27-8-3-11-31(27)12-4-9-27/h5-7,10,13,29,33H,3-4,8-9,11-12,15-16H2,1-2H3. The van der Waals surface area contributed by atoms with Crippen LogP contribution < -0.4 is 9.47 Å². The Morgan fingerprint density at radius 3 is 2.77 bits per heavy atom. The fourth-order valence-corrected chi connectivity index (χ4v) is 6.12. The summed E-state index contributed by atoms with van der Waals surface area (Å²) in [4.78, 5) is 5.81. The normalized spacial score (nSPS) is 17.2. The van der Waals surface area contributed by atoms with Crippen LogP contribution in [0.1, 0.15) is 42.4 Å². The van der Waals surface area contributed by atoms with Crippen molar-refractivity contribution in [3.8, 4) is 23.4 Å². The number of rotatable bonds is 6. The van der Waals surface area contributed by atoms with Crippen LogP contribution in [0.4, 0.5) is 0 Å². The molecule has 35 heavy (non-hydrogen) atoms. The summed E-state index contributed by atoms with van der Waals surface area (Å²) in [7, 11) is 1.65. The Bertz CT molecular complexity index is 1470. The Morgan fingerprint density at radius 2 is 2.03 bits per heavy atom. The smallest absolute Gasteiger partial charge is 0.221 e. The zero-order chi connectivity index (χ0) is 24.2. The van der Waals surface area contributed by atoms with Gasteiger partial charge in [-0.1, -0.05) is 0 Å². The van der Waals surface area contributed by atoms with Crippen molar-refractivity contribution in [2.45, 2.75) is 44.7 Å². The monoisotopic (exact) mass is 471 g/mol. The number of aromatic amines is 1. The summed E-state index contributed by atoms with van der Waals surface area (Å²) >= 11 is 0. The van der Waals surface area contributed by atoms with E-state index in [1.165, 1.54) is 12.8 Å². The number of ether oxygens (including phenoxy) is 2. The van der Waals surface area contributed by atoms with Gasteiger partial charge < -0.3 is 19.6 Å². The molecule has 0 spiro atoms. The molecule has 2 N–H and O–H groups in total. The summed E-state index contributed by atoms with van der Waals surface area (Å²) in [6.45, 7) is 5.08. The summed E-state index contributed by atoms with van der Waals surface area (Å²) in [5.74, 6) is 1.15. The number of fused-ring (bicyclic) bond motifs is 3. The Kier molecular flexibility index (Phi) is 5.11. The first kappa shape index (κ1) is 21.8. The number of aromatic nitrogens is 3. The predicted molar refractivity (Wildman–Crippen MR) is 133 cm³/mol. The number of benzene rings is 2.